The van der Waals surface area contributed by atoms with Crippen LogP contribution in [0.25, 0.3) is 0 Å². The Balaban J connectivity index is 2.13. The van der Waals surface area contributed by atoms with Gasteiger partial charge >= 0.3 is 0 Å². The Morgan fingerprint density at radius 2 is 2.31 bits per heavy atom. The molecular weight excluding hydrogens is 162 g/mol. The molecule has 3 heteroatoms. The summed E-state index contributed by atoms with van der Waals surface area (Å²) in [6.07, 6.45) is 3.12. The van der Waals surface area contributed by atoms with Gasteiger partial charge in [-0.1, -0.05) is 20.8 Å². The molecule has 0 bridgehead atoms. The highest BCUT2D eigenvalue weighted by Crippen LogP contribution is 2.33. The summed E-state index contributed by atoms with van der Waals surface area (Å²) in [5.41, 5.74) is 2.99. The van der Waals surface area contributed by atoms with E-state index in [1.165, 1.54) is 17.7 Å². The molecule has 1 atom stereocenters. The fourth-order valence-corrected chi connectivity index (χ4v) is 1.89. The van der Waals surface area contributed by atoms with Crippen LogP contribution in [0.4, 0.5) is 0 Å². The number of rotatable bonds is 1. The topological polar surface area (TPSA) is 40.7 Å². The molecule has 2 heterocycles. The molecule has 72 valence electrons. The molecule has 0 saturated carbocycles. The summed E-state index contributed by atoms with van der Waals surface area (Å²) in [4.78, 5) is 0. The van der Waals surface area contributed by atoms with Gasteiger partial charge in [0.25, 0.3) is 0 Å². The van der Waals surface area contributed by atoms with Crippen LogP contribution in [0.2, 0.25) is 0 Å². The summed E-state index contributed by atoms with van der Waals surface area (Å²) in [6.45, 7) is 7.75. The molecule has 0 radical (unpaired) electrons. The van der Waals surface area contributed by atoms with E-state index in [-0.39, 0.29) is 0 Å². The molecule has 13 heavy (non-hydrogen) atoms. The molecule has 1 aliphatic rings. The maximum Gasteiger partial charge on any atom is 0.0538 e. The fourth-order valence-electron chi connectivity index (χ4n) is 1.89. The second-order valence-corrected chi connectivity index (χ2v) is 5.00. The Labute approximate surface area is 78.9 Å². The summed E-state index contributed by atoms with van der Waals surface area (Å²) >= 11 is 0. The van der Waals surface area contributed by atoms with E-state index in [2.05, 4.69) is 36.3 Å². The fraction of sp³-hybridized carbons (Fsp3) is 0.700. The number of H-pyrrole nitrogens is 1. The van der Waals surface area contributed by atoms with Gasteiger partial charge in [-0.3, -0.25) is 5.10 Å². The number of nitrogens with one attached hydrogen (secondary N) is 2. The largest absolute Gasteiger partial charge is 0.304 e. The van der Waals surface area contributed by atoms with Crippen LogP contribution < -0.4 is 5.32 Å². The minimum absolute atomic E-state index is 0.372. The highest BCUT2D eigenvalue weighted by Gasteiger charge is 2.27. The van der Waals surface area contributed by atoms with E-state index < -0.39 is 0 Å². The van der Waals surface area contributed by atoms with Crippen molar-refractivity contribution in [2.24, 2.45) is 5.41 Å². The summed E-state index contributed by atoms with van der Waals surface area (Å²) in [6, 6.07) is 0.494. The number of aromatic amines is 1. The number of aromatic nitrogens is 2. The van der Waals surface area contributed by atoms with Crippen molar-refractivity contribution in [2.75, 3.05) is 0 Å². The molecule has 1 aliphatic heterocycles. The predicted molar refractivity (Wildman–Crippen MR) is 52.2 cm³/mol. The van der Waals surface area contributed by atoms with Gasteiger partial charge in [0.05, 0.1) is 11.9 Å². The molecular formula is C10H17N3. The quantitative estimate of drug-likeness (QED) is 0.692. The first kappa shape index (κ1) is 8.75. The van der Waals surface area contributed by atoms with E-state index in [0.29, 0.717) is 11.5 Å². The summed E-state index contributed by atoms with van der Waals surface area (Å²) in [7, 11) is 0. The Hall–Kier alpha value is -0.830. The van der Waals surface area contributed by atoms with Crippen LogP contribution in [0, 0.1) is 5.41 Å². The minimum Gasteiger partial charge on any atom is -0.304 e. The van der Waals surface area contributed by atoms with Crippen LogP contribution in [0.3, 0.4) is 0 Å². The Kier molecular flexibility index (Phi) is 1.91. The van der Waals surface area contributed by atoms with Crippen LogP contribution in [-0.2, 0) is 6.54 Å². The highest BCUT2D eigenvalue weighted by atomic mass is 15.1. The molecule has 0 saturated heterocycles. The molecule has 0 fully saturated rings. The van der Waals surface area contributed by atoms with Crippen LogP contribution >= 0.6 is 0 Å². The van der Waals surface area contributed by atoms with Crippen molar-refractivity contribution < 1.29 is 0 Å². The molecule has 1 aromatic rings. The van der Waals surface area contributed by atoms with Gasteiger partial charge in [-0.25, -0.2) is 0 Å². The third-order valence-corrected chi connectivity index (χ3v) is 2.47. The number of fused-ring (bicyclic) bond motifs is 1. The first-order valence-electron chi connectivity index (χ1n) is 4.82. The van der Waals surface area contributed by atoms with E-state index in [0.717, 1.165) is 6.54 Å². The average Bonchev–Trinajstić information content (AvgIpc) is 2.50. The van der Waals surface area contributed by atoms with E-state index >= 15 is 0 Å². The number of hydrogen-bond acceptors (Lipinski definition) is 2. The molecule has 0 unspecified atom stereocenters. The molecule has 0 aliphatic carbocycles. The predicted octanol–water partition coefficient (Wildman–Crippen LogP) is 1.99. The van der Waals surface area contributed by atoms with Crippen molar-refractivity contribution in [3.63, 3.8) is 0 Å². The van der Waals surface area contributed by atoms with Crippen LogP contribution in [0.5, 0.6) is 0 Å². The highest BCUT2D eigenvalue weighted by molar-refractivity contribution is 5.25. The zero-order valence-electron chi connectivity index (χ0n) is 8.52. The van der Waals surface area contributed by atoms with E-state index in [1.54, 1.807) is 0 Å². The SMILES string of the molecule is CC(C)(C)C[C@H]1NCc2[nH]ncc21. The minimum atomic E-state index is 0.372. The molecule has 0 amide bonds. The van der Waals surface area contributed by atoms with Crippen molar-refractivity contribution in [3.05, 3.63) is 17.5 Å². The maximum absolute atomic E-state index is 4.06. The zero-order valence-corrected chi connectivity index (χ0v) is 8.52. The Bertz CT molecular complexity index is 295. The van der Waals surface area contributed by atoms with Crippen LogP contribution in [0.1, 0.15) is 44.5 Å². The van der Waals surface area contributed by atoms with Crippen molar-refractivity contribution >= 4 is 0 Å². The second-order valence-electron chi connectivity index (χ2n) is 5.00. The van der Waals surface area contributed by atoms with E-state index in [4.69, 9.17) is 0 Å². The van der Waals surface area contributed by atoms with E-state index in [9.17, 15) is 0 Å². The third kappa shape index (κ3) is 1.75. The molecule has 1 aromatic heterocycles. The van der Waals surface area contributed by atoms with Gasteiger partial charge < -0.3 is 5.32 Å². The summed E-state index contributed by atoms with van der Waals surface area (Å²) < 4.78 is 0. The van der Waals surface area contributed by atoms with Crippen LogP contribution in [-0.4, -0.2) is 10.2 Å². The van der Waals surface area contributed by atoms with Crippen molar-refractivity contribution in [2.45, 2.75) is 39.8 Å². The van der Waals surface area contributed by atoms with Crippen molar-refractivity contribution in [1.29, 1.82) is 0 Å². The average molecular weight is 179 g/mol. The van der Waals surface area contributed by atoms with E-state index in [1.807, 2.05) is 6.20 Å². The smallest absolute Gasteiger partial charge is 0.0538 e. The van der Waals surface area contributed by atoms with Gasteiger partial charge in [-0.15, -0.1) is 0 Å². The Morgan fingerprint density at radius 3 is 3.00 bits per heavy atom. The van der Waals surface area contributed by atoms with Crippen LogP contribution in [0.15, 0.2) is 6.20 Å². The monoisotopic (exact) mass is 179 g/mol. The first-order valence-corrected chi connectivity index (χ1v) is 4.82. The lowest BCUT2D eigenvalue weighted by Crippen LogP contribution is -2.19. The van der Waals surface area contributed by atoms with Gasteiger partial charge in [0.2, 0.25) is 0 Å². The first-order chi connectivity index (χ1) is 6.06. The summed E-state index contributed by atoms with van der Waals surface area (Å²) in [5, 5.41) is 10.6. The molecule has 2 N–H and O–H groups in total. The van der Waals surface area contributed by atoms with Gasteiger partial charge in [0.15, 0.2) is 0 Å². The number of nitrogens with zero attached hydrogens (tertiary/aromatic N) is 1. The third-order valence-electron chi connectivity index (χ3n) is 2.47. The lowest BCUT2D eigenvalue weighted by Gasteiger charge is -2.22. The number of hydrogen-bond donors (Lipinski definition) is 2. The lowest BCUT2D eigenvalue weighted by atomic mass is 9.87. The second kappa shape index (κ2) is 2.84. The van der Waals surface area contributed by atoms with Crippen molar-refractivity contribution in [1.82, 2.24) is 15.5 Å². The zero-order chi connectivity index (χ0) is 9.47. The molecule has 2 rings (SSSR count). The van der Waals surface area contributed by atoms with Gasteiger partial charge in [-0.2, -0.15) is 5.10 Å². The normalized spacial score (nSPS) is 21.9. The standard InChI is InChI=1S/C10H17N3/c1-10(2,3)4-8-7-5-12-13-9(7)6-11-8/h5,8,11H,4,6H2,1-3H3,(H,12,13)/t8-/m1/s1. The van der Waals surface area contributed by atoms with Gasteiger partial charge in [0, 0.05) is 18.2 Å². The molecule has 0 aromatic carbocycles. The Morgan fingerprint density at radius 1 is 1.54 bits per heavy atom. The van der Waals surface area contributed by atoms with Gasteiger partial charge in [-0.05, 0) is 11.8 Å². The summed E-state index contributed by atoms with van der Waals surface area (Å²) in [5.74, 6) is 0. The molecule has 3 nitrogen and oxygen atoms in total. The maximum atomic E-state index is 4.06. The lowest BCUT2D eigenvalue weighted by molar-refractivity contribution is 0.321. The van der Waals surface area contributed by atoms with Gasteiger partial charge in [0.1, 0.15) is 0 Å². The van der Waals surface area contributed by atoms with Crippen molar-refractivity contribution in [3.8, 4) is 0 Å². The molecule has 0 spiro atoms.